The van der Waals surface area contributed by atoms with Crippen LogP contribution in [0.15, 0.2) is 16.8 Å². The smallest absolute Gasteiger partial charge is 0.220 e. The van der Waals surface area contributed by atoms with Crippen molar-refractivity contribution in [2.75, 3.05) is 6.54 Å². The Morgan fingerprint density at radius 1 is 1.57 bits per heavy atom. The molecule has 1 N–H and O–H groups in total. The Morgan fingerprint density at radius 3 is 2.93 bits per heavy atom. The minimum absolute atomic E-state index is 0.162. The van der Waals surface area contributed by atoms with E-state index < -0.39 is 0 Å². The Labute approximate surface area is 89.3 Å². The van der Waals surface area contributed by atoms with E-state index in [4.69, 9.17) is 0 Å². The van der Waals surface area contributed by atoms with Crippen molar-refractivity contribution < 1.29 is 4.79 Å². The van der Waals surface area contributed by atoms with E-state index in [-0.39, 0.29) is 5.91 Å². The fourth-order valence-electron chi connectivity index (χ4n) is 1.22. The van der Waals surface area contributed by atoms with Crippen LogP contribution in [0.5, 0.6) is 0 Å². The van der Waals surface area contributed by atoms with Crippen LogP contribution in [0.4, 0.5) is 0 Å². The molecule has 2 nitrogen and oxygen atoms in total. The van der Waals surface area contributed by atoms with Crippen molar-refractivity contribution in [2.24, 2.45) is 5.92 Å². The van der Waals surface area contributed by atoms with E-state index in [1.54, 1.807) is 11.3 Å². The van der Waals surface area contributed by atoms with Gasteiger partial charge in [0.2, 0.25) is 5.91 Å². The summed E-state index contributed by atoms with van der Waals surface area (Å²) in [6.45, 7) is 4.86. The van der Waals surface area contributed by atoms with Crippen molar-refractivity contribution in [3.63, 3.8) is 0 Å². The van der Waals surface area contributed by atoms with E-state index in [9.17, 15) is 4.79 Å². The highest BCUT2D eigenvalue weighted by Crippen LogP contribution is 2.05. The molecule has 0 spiro atoms. The molecule has 1 aromatic rings. The predicted molar refractivity (Wildman–Crippen MR) is 60.5 cm³/mol. The van der Waals surface area contributed by atoms with E-state index in [0.717, 1.165) is 13.0 Å². The minimum atomic E-state index is 0.162. The van der Waals surface area contributed by atoms with Crippen LogP contribution in [-0.4, -0.2) is 12.5 Å². The summed E-state index contributed by atoms with van der Waals surface area (Å²) in [5.41, 5.74) is 1.31. The van der Waals surface area contributed by atoms with E-state index in [1.165, 1.54) is 5.56 Å². The fraction of sp³-hybridized carbons (Fsp3) is 0.545. The lowest BCUT2D eigenvalue weighted by Crippen LogP contribution is -2.26. The summed E-state index contributed by atoms with van der Waals surface area (Å²) in [6, 6.07) is 2.10. The Balaban J connectivity index is 2.12. The lowest BCUT2D eigenvalue weighted by molar-refractivity contribution is -0.121. The second-order valence-electron chi connectivity index (χ2n) is 3.83. The SMILES string of the molecule is CC(C)CC(=O)NCCc1ccsc1. The molecule has 0 aromatic carbocycles. The second-order valence-corrected chi connectivity index (χ2v) is 4.61. The molecule has 14 heavy (non-hydrogen) atoms. The summed E-state index contributed by atoms with van der Waals surface area (Å²) in [6.07, 6.45) is 1.57. The van der Waals surface area contributed by atoms with Gasteiger partial charge in [0.1, 0.15) is 0 Å². The molecule has 1 amide bonds. The summed E-state index contributed by atoms with van der Waals surface area (Å²) in [5, 5.41) is 7.10. The van der Waals surface area contributed by atoms with Gasteiger partial charge in [-0.05, 0) is 34.7 Å². The third-order valence-corrected chi connectivity index (χ3v) is 2.64. The molecule has 0 aliphatic carbocycles. The van der Waals surface area contributed by atoms with Crippen molar-refractivity contribution >= 4 is 17.2 Å². The molecule has 0 aliphatic rings. The summed E-state index contributed by atoms with van der Waals surface area (Å²) in [5.74, 6) is 0.603. The van der Waals surface area contributed by atoms with Crippen molar-refractivity contribution in [3.05, 3.63) is 22.4 Å². The number of carbonyl (C=O) groups excluding carboxylic acids is 1. The summed E-state index contributed by atoms with van der Waals surface area (Å²) < 4.78 is 0. The fourth-order valence-corrected chi connectivity index (χ4v) is 1.93. The van der Waals surface area contributed by atoms with Crippen molar-refractivity contribution in [1.29, 1.82) is 0 Å². The van der Waals surface area contributed by atoms with Crippen molar-refractivity contribution in [3.8, 4) is 0 Å². The summed E-state index contributed by atoms with van der Waals surface area (Å²) >= 11 is 1.70. The van der Waals surface area contributed by atoms with Gasteiger partial charge in [0.15, 0.2) is 0 Å². The van der Waals surface area contributed by atoms with Gasteiger partial charge in [-0.15, -0.1) is 0 Å². The number of nitrogens with one attached hydrogen (secondary N) is 1. The maximum atomic E-state index is 11.3. The minimum Gasteiger partial charge on any atom is -0.356 e. The summed E-state index contributed by atoms with van der Waals surface area (Å²) in [7, 11) is 0. The zero-order valence-electron chi connectivity index (χ0n) is 8.75. The Bertz CT molecular complexity index is 267. The first kappa shape index (κ1) is 11.2. The van der Waals surface area contributed by atoms with Gasteiger partial charge in [0.25, 0.3) is 0 Å². The van der Waals surface area contributed by atoms with Crippen molar-refractivity contribution in [2.45, 2.75) is 26.7 Å². The molecule has 0 bridgehead atoms. The lowest BCUT2D eigenvalue weighted by Gasteiger charge is -2.05. The molecule has 1 heterocycles. The molecule has 0 radical (unpaired) electrons. The molecular weight excluding hydrogens is 194 g/mol. The standard InChI is InChI=1S/C11H17NOS/c1-9(2)7-11(13)12-5-3-10-4-6-14-8-10/h4,6,8-9H,3,5,7H2,1-2H3,(H,12,13). The van der Waals surface area contributed by atoms with Gasteiger partial charge in [-0.2, -0.15) is 11.3 Å². The van der Waals surface area contributed by atoms with Gasteiger partial charge >= 0.3 is 0 Å². The molecular formula is C11H17NOS. The molecule has 0 aliphatic heterocycles. The van der Waals surface area contributed by atoms with Crippen LogP contribution in [0, 0.1) is 5.92 Å². The van der Waals surface area contributed by atoms with Crippen molar-refractivity contribution in [1.82, 2.24) is 5.32 Å². The first-order valence-corrected chi connectivity index (χ1v) is 5.90. The quantitative estimate of drug-likeness (QED) is 0.796. The molecule has 0 saturated carbocycles. The van der Waals surface area contributed by atoms with E-state index in [2.05, 4.69) is 36.0 Å². The van der Waals surface area contributed by atoms with Gasteiger partial charge in [-0.1, -0.05) is 13.8 Å². The largest absolute Gasteiger partial charge is 0.356 e. The zero-order valence-corrected chi connectivity index (χ0v) is 9.56. The Kier molecular flexibility index (Phi) is 4.66. The Hall–Kier alpha value is -0.830. The van der Waals surface area contributed by atoms with Crippen LogP contribution in [0.1, 0.15) is 25.8 Å². The van der Waals surface area contributed by atoms with Crippen LogP contribution in [0.3, 0.4) is 0 Å². The van der Waals surface area contributed by atoms with Crippen LogP contribution in [0.2, 0.25) is 0 Å². The normalized spacial score (nSPS) is 10.5. The molecule has 1 rings (SSSR count). The molecule has 0 atom stereocenters. The molecule has 0 fully saturated rings. The van der Waals surface area contributed by atoms with E-state index in [1.807, 2.05) is 0 Å². The topological polar surface area (TPSA) is 29.1 Å². The van der Waals surface area contributed by atoms with E-state index >= 15 is 0 Å². The van der Waals surface area contributed by atoms with Gasteiger partial charge < -0.3 is 5.32 Å². The molecule has 3 heteroatoms. The lowest BCUT2D eigenvalue weighted by atomic mass is 10.1. The van der Waals surface area contributed by atoms with Crippen LogP contribution < -0.4 is 5.32 Å². The third kappa shape index (κ3) is 4.42. The van der Waals surface area contributed by atoms with E-state index in [0.29, 0.717) is 12.3 Å². The number of thiophene rings is 1. The van der Waals surface area contributed by atoms with Crippen LogP contribution >= 0.6 is 11.3 Å². The monoisotopic (exact) mass is 211 g/mol. The van der Waals surface area contributed by atoms with Crippen LogP contribution in [-0.2, 0) is 11.2 Å². The summed E-state index contributed by atoms with van der Waals surface area (Å²) in [4.78, 5) is 11.3. The number of hydrogen-bond donors (Lipinski definition) is 1. The highest BCUT2D eigenvalue weighted by molar-refractivity contribution is 7.07. The molecule has 0 saturated heterocycles. The van der Waals surface area contributed by atoms with Gasteiger partial charge in [-0.3, -0.25) is 4.79 Å². The number of hydrogen-bond acceptors (Lipinski definition) is 2. The molecule has 0 unspecified atom stereocenters. The predicted octanol–water partition coefficient (Wildman–Crippen LogP) is 2.45. The number of rotatable bonds is 5. The van der Waals surface area contributed by atoms with Gasteiger partial charge in [0, 0.05) is 13.0 Å². The number of amides is 1. The molecule has 1 aromatic heterocycles. The third-order valence-electron chi connectivity index (χ3n) is 1.91. The highest BCUT2D eigenvalue weighted by Gasteiger charge is 2.03. The first-order chi connectivity index (χ1) is 6.68. The second kappa shape index (κ2) is 5.81. The maximum Gasteiger partial charge on any atom is 0.220 e. The van der Waals surface area contributed by atoms with Crippen LogP contribution in [0.25, 0.3) is 0 Å². The van der Waals surface area contributed by atoms with Gasteiger partial charge in [-0.25, -0.2) is 0 Å². The molecule has 78 valence electrons. The average Bonchev–Trinajstić information content (AvgIpc) is 2.55. The maximum absolute atomic E-state index is 11.3. The number of carbonyl (C=O) groups is 1. The van der Waals surface area contributed by atoms with Gasteiger partial charge in [0.05, 0.1) is 0 Å². The average molecular weight is 211 g/mol. The highest BCUT2D eigenvalue weighted by atomic mass is 32.1. The first-order valence-electron chi connectivity index (χ1n) is 4.96. The Morgan fingerprint density at radius 2 is 2.36 bits per heavy atom. The zero-order chi connectivity index (χ0) is 10.4.